The van der Waals surface area contributed by atoms with Crippen molar-refractivity contribution in [2.75, 3.05) is 18.4 Å². The number of amides is 1. The highest BCUT2D eigenvalue weighted by Gasteiger charge is 2.43. The van der Waals surface area contributed by atoms with Crippen LogP contribution in [-0.2, 0) is 11.2 Å². The first kappa shape index (κ1) is 15.8. The zero-order valence-electron chi connectivity index (χ0n) is 13.8. The molecule has 0 radical (unpaired) electrons. The molecule has 5 heteroatoms. The number of aryl methyl sites for hydroxylation is 1. The minimum Gasteiger partial charge on any atom is -0.320 e. The van der Waals surface area contributed by atoms with Crippen LogP contribution in [0.3, 0.4) is 0 Å². The standard InChI is InChI=1S/C19H21FN2OS/c1-12-2-5-16(15(20)10-12)21-18(23)11-22-8-6-17-14(7-9-24-17)19(22)13-3-4-13/h2,5,7,9-10,13,19H,3-4,6,8,11H2,1H3,(H,21,23)/p+1/t19-/m0/s1. The molecule has 1 saturated carbocycles. The number of rotatable bonds is 4. The number of carbonyl (C=O) groups is 1. The maximum absolute atomic E-state index is 13.9. The summed E-state index contributed by atoms with van der Waals surface area (Å²) in [4.78, 5) is 15.3. The molecule has 1 aliphatic heterocycles. The summed E-state index contributed by atoms with van der Waals surface area (Å²) in [5.41, 5.74) is 2.57. The maximum atomic E-state index is 13.9. The molecule has 2 aliphatic rings. The van der Waals surface area contributed by atoms with Crippen molar-refractivity contribution in [3.63, 3.8) is 0 Å². The molecule has 4 rings (SSSR count). The van der Waals surface area contributed by atoms with Crippen molar-refractivity contribution in [2.45, 2.75) is 32.2 Å². The van der Waals surface area contributed by atoms with Gasteiger partial charge in [0.25, 0.3) is 5.91 Å². The highest BCUT2D eigenvalue weighted by Crippen LogP contribution is 2.42. The van der Waals surface area contributed by atoms with Crippen molar-refractivity contribution >= 4 is 22.9 Å². The molecule has 2 atom stereocenters. The Balaban J connectivity index is 1.47. The lowest BCUT2D eigenvalue weighted by atomic mass is 9.96. The Hall–Kier alpha value is -1.72. The summed E-state index contributed by atoms with van der Waals surface area (Å²) in [5, 5.41) is 4.92. The lowest BCUT2D eigenvalue weighted by molar-refractivity contribution is -0.928. The van der Waals surface area contributed by atoms with Crippen LogP contribution in [-0.4, -0.2) is 19.0 Å². The Kier molecular flexibility index (Phi) is 4.14. The Morgan fingerprint density at radius 3 is 2.96 bits per heavy atom. The van der Waals surface area contributed by atoms with Gasteiger partial charge in [-0.1, -0.05) is 6.07 Å². The molecule has 0 saturated heterocycles. The zero-order valence-corrected chi connectivity index (χ0v) is 14.6. The summed E-state index contributed by atoms with van der Waals surface area (Å²) in [6.07, 6.45) is 3.56. The van der Waals surface area contributed by atoms with Crippen LogP contribution < -0.4 is 10.2 Å². The fourth-order valence-corrected chi connectivity index (χ4v) is 4.75. The van der Waals surface area contributed by atoms with Gasteiger partial charge in [-0.3, -0.25) is 4.79 Å². The van der Waals surface area contributed by atoms with Crippen LogP contribution in [0.15, 0.2) is 29.6 Å². The van der Waals surface area contributed by atoms with E-state index < -0.39 is 0 Å². The molecule has 24 heavy (non-hydrogen) atoms. The fraction of sp³-hybridized carbons (Fsp3) is 0.421. The van der Waals surface area contributed by atoms with E-state index in [2.05, 4.69) is 16.8 Å². The minimum absolute atomic E-state index is 0.0999. The minimum atomic E-state index is -0.365. The summed E-state index contributed by atoms with van der Waals surface area (Å²) >= 11 is 1.84. The number of fused-ring (bicyclic) bond motifs is 1. The smallest absolute Gasteiger partial charge is 0.279 e. The Labute approximate surface area is 145 Å². The maximum Gasteiger partial charge on any atom is 0.279 e. The van der Waals surface area contributed by atoms with Gasteiger partial charge >= 0.3 is 0 Å². The number of halogens is 1. The number of hydrogen-bond donors (Lipinski definition) is 2. The zero-order chi connectivity index (χ0) is 16.7. The number of thiophene rings is 1. The second kappa shape index (κ2) is 6.30. The van der Waals surface area contributed by atoms with E-state index in [-0.39, 0.29) is 17.4 Å². The molecular weight excluding hydrogens is 323 g/mol. The fourth-order valence-electron chi connectivity index (χ4n) is 3.82. The first-order chi connectivity index (χ1) is 11.6. The largest absolute Gasteiger partial charge is 0.320 e. The molecule has 1 aromatic heterocycles. The first-order valence-corrected chi connectivity index (χ1v) is 9.46. The van der Waals surface area contributed by atoms with E-state index in [1.165, 1.54) is 34.2 Å². The molecule has 126 valence electrons. The normalized spacial score (nSPS) is 22.9. The third kappa shape index (κ3) is 3.10. The van der Waals surface area contributed by atoms with E-state index in [1.807, 2.05) is 24.3 Å². The lowest BCUT2D eigenvalue weighted by Gasteiger charge is -2.32. The van der Waals surface area contributed by atoms with E-state index in [9.17, 15) is 9.18 Å². The molecule has 1 aromatic carbocycles. The van der Waals surface area contributed by atoms with Crippen molar-refractivity contribution in [1.29, 1.82) is 0 Å². The number of anilines is 1. The van der Waals surface area contributed by atoms with Crippen LogP contribution in [0.5, 0.6) is 0 Å². The summed E-state index contributed by atoms with van der Waals surface area (Å²) < 4.78 is 13.9. The molecule has 1 fully saturated rings. The van der Waals surface area contributed by atoms with Gasteiger partial charge in [0.15, 0.2) is 6.54 Å². The Bertz CT molecular complexity index is 768. The van der Waals surface area contributed by atoms with Gasteiger partial charge < -0.3 is 10.2 Å². The van der Waals surface area contributed by atoms with Crippen LogP contribution in [0.1, 0.15) is 34.9 Å². The Morgan fingerprint density at radius 1 is 1.38 bits per heavy atom. The quantitative estimate of drug-likeness (QED) is 0.878. The predicted molar refractivity (Wildman–Crippen MR) is 94.0 cm³/mol. The SMILES string of the molecule is Cc1ccc(NC(=O)C[NH+]2CCc3sccc3[C@@H]2C2CC2)c(F)c1. The molecule has 1 unspecified atom stereocenters. The van der Waals surface area contributed by atoms with E-state index in [0.29, 0.717) is 18.5 Å². The van der Waals surface area contributed by atoms with E-state index in [1.54, 1.807) is 6.07 Å². The van der Waals surface area contributed by atoms with Crippen molar-refractivity contribution in [3.8, 4) is 0 Å². The van der Waals surface area contributed by atoms with Crippen LogP contribution in [0.2, 0.25) is 0 Å². The Morgan fingerprint density at radius 2 is 2.21 bits per heavy atom. The summed E-state index contributed by atoms with van der Waals surface area (Å²) in [6, 6.07) is 7.59. The molecule has 0 spiro atoms. The highest BCUT2D eigenvalue weighted by atomic mass is 32.1. The van der Waals surface area contributed by atoms with Gasteiger partial charge in [0, 0.05) is 22.8 Å². The highest BCUT2D eigenvalue weighted by molar-refractivity contribution is 7.10. The molecule has 1 aliphatic carbocycles. The van der Waals surface area contributed by atoms with Crippen molar-refractivity contribution in [2.24, 2.45) is 5.92 Å². The molecule has 3 nitrogen and oxygen atoms in total. The van der Waals surface area contributed by atoms with Crippen molar-refractivity contribution in [3.05, 3.63) is 51.5 Å². The average molecular weight is 345 g/mol. The van der Waals surface area contributed by atoms with Crippen LogP contribution in [0, 0.1) is 18.7 Å². The first-order valence-electron chi connectivity index (χ1n) is 8.58. The topological polar surface area (TPSA) is 33.5 Å². The van der Waals surface area contributed by atoms with Gasteiger partial charge in [-0.05, 0) is 48.9 Å². The molecule has 2 N–H and O–H groups in total. The van der Waals surface area contributed by atoms with E-state index >= 15 is 0 Å². The van der Waals surface area contributed by atoms with Gasteiger partial charge in [-0.25, -0.2) is 4.39 Å². The van der Waals surface area contributed by atoms with Gasteiger partial charge in [0.05, 0.1) is 12.2 Å². The number of benzene rings is 1. The van der Waals surface area contributed by atoms with Crippen LogP contribution in [0.4, 0.5) is 10.1 Å². The number of quaternary nitrogens is 1. The van der Waals surface area contributed by atoms with E-state index in [4.69, 9.17) is 0 Å². The van der Waals surface area contributed by atoms with Gasteiger partial charge in [0.1, 0.15) is 11.9 Å². The summed E-state index contributed by atoms with van der Waals surface area (Å²) in [7, 11) is 0. The van der Waals surface area contributed by atoms with Crippen LogP contribution >= 0.6 is 11.3 Å². The van der Waals surface area contributed by atoms with Gasteiger partial charge in [-0.2, -0.15) is 0 Å². The lowest BCUT2D eigenvalue weighted by Crippen LogP contribution is -3.14. The third-order valence-corrected chi connectivity index (χ3v) is 6.10. The third-order valence-electron chi connectivity index (χ3n) is 5.11. The molecule has 1 amide bonds. The van der Waals surface area contributed by atoms with Crippen LogP contribution in [0.25, 0.3) is 0 Å². The van der Waals surface area contributed by atoms with Gasteiger partial charge in [0.2, 0.25) is 0 Å². The van der Waals surface area contributed by atoms with Gasteiger partial charge in [-0.15, -0.1) is 11.3 Å². The second-order valence-corrected chi connectivity index (χ2v) is 7.98. The summed E-state index contributed by atoms with van der Waals surface area (Å²) in [6.45, 7) is 3.23. The number of nitrogens with one attached hydrogen (secondary N) is 2. The summed E-state index contributed by atoms with van der Waals surface area (Å²) in [5.74, 6) is 0.241. The molecule has 2 heterocycles. The number of carbonyl (C=O) groups excluding carboxylic acids is 1. The molecule has 0 bridgehead atoms. The average Bonchev–Trinajstić information content (AvgIpc) is 3.26. The predicted octanol–water partition coefficient (Wildman–Crippen LogP) is 2.73. The number of hydrogen-bond acceptors (Lipinski definition) is 2. The molecule has 2 aromatic rings. The van der Waals surface area contributed by atoms with Crippen molar-refractivity contribution in [1.82, 2.24) is 0 Å². The van der Waals surface area contributed by atoms with Crippen molar-refractivity contribution < 1.29 is 14.1 Å². The molecular formula is C19H22FN2OS+. The second-order valence-electron chi connectivity index (χ2n) is 6.98. The van der Waals surface area contributed by atoms with E-state index in [0.717, 1.165) is 18.5 Å². The monoisotopic (exact) mass is 345 g/mol.